The number of hydrogen-bond acceptors (Lipinski definition) is 4. The smallest absolute Gasteiger partial charge is 0.0689 e. The van der Waals surface area contributed by atoms with Gasteiger partial charge in [-0.25, -0.2) is 0 Å². The van der Waals surface area contributed by atoms with E-state index < -0.39 is 0 Å². The summed E-state index contributed by atoms with van der Waals surface area (Å²) >= 11 is 0. The molecule has 0 aromatic rings. The van der Waals surface area contributed by atoms with E-state index in [0.717, 1.165) is 39.3 Å². The van der Waals surface area contributed by atoms with E-state index in [4.69, 9.17) is 0 Å². The predicted octanol–water partition coefficient (Wildman–Crippen LogP) is 2.20. The van der Waals surface area contributed by atoms with Gasteiger partial charge in [0.1, 0.15) is 0 Å². The van der Waals surface area contributed by atoms with Crippen LogP contribution in [0.15, 0.2) is 0 Å². The van der Waals surface area contributed by atoms with Gasteiger partial charge in [-0.1, -0.05) is 27.7 Å². The van der Waals surface area contributed by atoms with Crippen molar-refractivity contribution in [1.82, 2.24) is 9.80 Å². The highest BCUT2D eigenvalue weighted by atomic mass is 16.3. The lowest BCUT2D eigenvalue weighted by Gasteiger charge is -2.49. The van der Waals surface area contributed by atoms with Crippen molar-refractivity contribution in [3.8, 4) is 0 Å². The first-order valence-electron chi connectivity index (χ1n) is 9.62. The number of β-amino-alcohol motifs (C(OH)–C–C–N with tert-alkyl or cyclic N) is 2. The van der Waals surface area contributed by atoms with E-state index in [1.165, 1.54) is 25.7 Å². The Kier molecular flexibility index (Phi) is 6.90. The lowest BCUT2D eigenvalue weighted by molar-refractivity contribution is -0.0240. The Morgan fingerprint density at radius 3 is 1.52 bits per heavy atom. The Morgan fingerprint density at radius 2 is 1.17 bits per heavy atom. The second kappa shape index (κ2) is 8.28. The quantitative estimate of drug-likeness (QED) is 0.785. The summed E-state index contributed by atoms with van der Waals surface area (Å²) < 4.78 is 0. The van der Waals surface area contributed by atoms with E-state index in [1.807, 2.05) is 0 Å². The van der Waals surface area contributed by atoms with Crippen LogP contribution in [0.4, 0.5) is 0 Å². The molecule has 4 heteroatoms. The van der Waals surface area contributed by atoms with Gasteiger partial charge in [-0.2, -0.15) is 0 Å². The lowest BCUT2D eigenvalue weighted by Crippen LogP contribution is -2.54. The van der Waals surface area contributed by atoms with Crippen LogP contribution in [0.25, 0.3) is 0 Å². The van der Waals surface area contributed by atoms with Crippen molar-refractivity contribution in [1.29, 1.82) is 0 Å². The fourth-order valence-electron chi connectivity index (χ4n) is 4.22. The largest absolute Gasteiger partial charge is 0.392 e. The summed E-state index contributed by atoms with van der Waals surface area (Å²) in [5.41, 5.74) is 0.379. The van der Waals surface area contributed by atoms with Crippen LogP contribution in [-0.2, 0) is 0 Å². The van der Waals surface area contributed by atoms with Gasteiger partial charge in [0.05, 0.1) is 12.2 Å². The number of aliphatic hydroxyl groups excluding tert-OH is 2. The number of piperidine rings is 2. The van der Waals surface area contributed by atoms with Crippen LogP contribution in [0.2, 0.25) is 0 Å². The standard InChI is InChI=1S/C19H38N2O2/c1-15(2)17(22)11-20-9-5-7-19(13-20)8-6-10-21(14-19)12-18(23)16(3)4/h15-18,22-23H,5-14H2,1-4H3. The van der Waals surface area contributed by atoms with Gasteiger partial charge in [0.25, 0.3) is 0 Å². The molecule has 2 rings (SSSR count). The van der Waals surface area contributed by atoms with Crippen molar-refractivity contribution in [3.05, 3.63) is 0 Å². The lowest BCUT2D eigenvalue weighted by atomic mass is 9.73. The highest BCUT2D eigenvalue weighted by molar-refractivity contribution is 4.93. The average molecular weight is 327 g/mol. The molecule has 0 bridgehead atoms. The molecule has 0 aromatic heterocycles. The minimum Gasteiger partial charge on any atom is -0.392 e. The molecule has 0 amide bonds. The first kappa shape index (κ1) is 19.2. The third-order valence-electron chi connectivity index (χ3n) is 5.91. The van der Waals surface area contributed by atoms with Crippen molar-refractivity contribution < 1.29 is 10.2 Å². The van der Waals surface area contributed by atoms with E-state index >= 15 is 0 Å². The minimum absolute atomic E-state index is 0.215. The topological polar surface area (TPSA) is 46.9 Å². The maximum absolute atomic E-state index is 10.2. The molecule has 2 N–H and O–H groups in total. The average Bonchev–Trinajstić information content (AvgIpc) is 2.47. The molecule has 23 heavy (non-hydrogen) atoms. The molecule has 2 fully saturated rings. The molecule has 1 spiro atoms. The van der Waals surface area contributed by atoms with Gasteiger partial charge in [0, 0.05) is 26.2 Å². The third-order valence-corrected chi connectivity index (χ3v) is 5.91. The van der Waals surface area contributed by atoms with Gasteiger partial charge in [0.2, 0.25) is 0 Å². The van der Waals surface area contributed by atoms with Gasteiger partial charge in [-0.05, 0) is 56.0 Å². The Hall–Kier alpha value is -0.160. The highest BCUT2D eigenvalue weighted by Crippen LogP contribution is 2.38. The van der Waals surface area contributed by atoms with Gasteiger partial charge in [0.15, 0.2) is 0 Å². The molecular weight excluding hydrogens is 288 g/mol. The van der Waals surface area contributed by atoms with Gasteiger partial charge < -0.3 is 20.0 Å². The molecule has 2 aliphatic rings. The van der Waals surface area contributed by atoms with Crippen LogP contribution >= 0.6 is 0 Å². The SMILES string of the molecule is CC(C)C(O)CN1CCCC2(CCCN(CC(O)C(C)C)C2)C1. The fourth-order valence-corrected chi connectivity index (χ4v) is 4.22. The number of rotatable bonds is 6. The molecule has 2 heterocycles. The molecule has 2 aliphatic heterocycles. The highest BCUT2D eigenvalue weighted by Gasteiger charge is 2.39. The number of hydrogen-bond donors (Lipinski definition) is 2. The second-order valence-corrected chi connectivity index (χ2v) is 8.80. The number of likely N-dealkylation sites (tertiary alicyclic amines) is 2. The monoisotopic (exact) mass is 326 g/mol. The molecule has 0 aromatic carbocycles. The third kappa shape index (κ3) is 5.42. The fraction of sp³-hybridized carbons (Fsp3) is 1.00. The molecule has 2 saturated heterocycles. The molecule has 0 saturated carbocycles. The van der Waals surface area contributed by atoms with E-state index in [2.05, 4.69) is 37.5 Å². The minimum atomic E-state index is -0.215. The van der Waals surface area contributed by atoms with E-state index in [0.29, 0.717) is 17.3 Å². The van der Waals surface area contributed by atoms with Crippen LogP contribution in [-0.4, -0.2) is 71.5 Å². The summed E-state index contributed by atoms with van der Waals surface area (Å²) in [5, 5.41) is 20.4. The molecule has 0 aliphatic carbocycles. The predicted molar refractivity (Wildman–Crippen MR) is 95.5 cm³/mol. The first-order chi connectivity index (χ1) is 10.8. The van der Waals surface area contributed by atoms with E-state index in [-0.39, 0.29) is 12.2 Å². The van der Waals surface area contributed by atoms with Crippen molar-refractivity contribution in [2.75, 3.05) is 39.3 Å². The maximum atomic E-state index is 10.2. The number of nitrogens with zero attached hydrogens (tertiary/aromatic N) is 2. The molecule has 2 atom stereocenters. The van der Waals surface area contributed by atoms with Crippen LogP contribution in [0.1, 0.15) is 53.4 Å². The van der Waals surface area contributed by atoms with Crippen LogP contribution in [0.5, 0.6) is 0 Å². The second-order valence-electron chi connectivity index (χ2n) is 8.80. The summed E-state index contributed by atoms with van der Waals surface area (Å²) in [5.74, 6) is 0.661. The summed E-state index contributed by atoms with van der Waals surface area (Å²) in [7, 11) is 0. The molecule has 0 radical (unpaired) electrons. The normalized spacial score (nSPS) is 30.3. The Morgan fingerprint density at radius 1 is 0.783 bits per heavy atom. The Bertz CT molecular complexity index is 325. The van der Waals surface area contributed by atoms with E-state index in [1.54, 1.807) is 0 Å². The van der Waals surface area contributed by atoms with Crippen molar-refractivity contribution in [3.63, 3.8) is 0 Å². The van der Waals surface area contributed by atoms with Crippen molar-refractivity contribution in [2.24, 2.45) is 17.3 Å². The summed E-state index contributed by atoms with van der Waals surface area (Å²) in [6.45, 7) is 14.5. The Labute approximate surface area is 142 Å². The summed E-state index contributed by atoms with van der Waals surface area (Å²) in [6, 6.07) is 0. The van der Waals surface area contributed by atoms with Crippen LogP contribution in [0, 0.1) is 17.3 Å². The van der Waals surface area contributed by atoms with Gasteiger partial charge >= 0.3 is 0 Å². The molecular formula is C19H38N2O2. The maximum Gasteiger partial charge on any atom is 0.0689 e. The van der Waals surface area contributed by atoms with Gasteiger partial charge in [-0.15, -0.1) is 0 Å². The number of aliphatic hydroxyl groups is 2. The molecule has 2 unspecified atom stereocenters. The van der Waals surface area contributed by atoms with Gasteiger partial charge in [-0.3, -0.25) is 0 Å². The first-order valence-corrected chi connectivity index (χ1v) is 9.62. The summed E-state index contributed by atoms with van der Waals surface area (Å²) in [6.07, 6.45) is 4.65. The zero-order valence-corrected chi connectivity index (χ0v) is 15.7. The zero-order valence-electron chi connectivity index (χ0n) is 15.7. The molecule has 136 valence electrons. The molecule has 4 nitrogen and oxygen atoms in total. The summed E-state index contributed by atoms with van der Waals surface area (Å²) in [4.78, 5) is 4.97. The van der Waals surface area contributed by atoms with Crippen LogP contribution < -0.4 is 0 Å². The Balaban J connectivity index is 1.91. The van der Waals surface area contributed by atoms with Crippen molar-refractivity contribution in [2.45, 2.75) is 65.6 Å². The van der Waals surface area contributed by atoms with Crippen LogP contribution in [0.3, 0.4) is 0 Å². The van der Waals surface area contributed by atoms with E-state index in [9.17, 15) is 10.2 Å². The zero-order chi connectivity index (χ0) is 17.0. The van der Waals surface area contributed by atoms with Crippen molar-refractivity contribution >= 4 is 0 Å².